The Morgan fingerprint density at radius 3 is 3.20 bits per heavy atom. The van der Waals surface area contributed by atoms with Crippen LogP contribution in [-0.2, 0) is 6.42 Å². The second-order valence-corrected chi connectivity index (χ2v) is 4.63. The topological polar surface area (TPSA) is 44.0 Å². The Morgan fingerprint density at radius 1 is 1.40 bits per heavy atom. The molecule has 1 unspecified atom stereocenters. The number of aromatic nitrogens is 2. The Hall–Kier alpha value is -1.03. The molecule has 0 aliphatic carbocycles. The van der Waals surface area contributed by atoms with Gasteiger partial charge in [0, 0.05) is 12.1 Å². The van der Waals surface area contributed by atoms with Crippen LogP contribution in [0.3, 0.4) is 0 Å². The predicted octanol–water partition coefficient (Wildman–Crippen LogP) is 1.53. The lowest BCUT2D eigenvalue weighted by Crippen LogP contribution is -2.30. The maximum absolute atomic E-state index is 4.34. The van der Waals surface area contributed by atoms with Crippen LogP contribution in [0.15, 0.2) is 0 Å². The number of fused-ring (bicyclic) bond motifs is 1. The molecule has 1 fully saturated rings. The zero-order valence-electron chi connectivity index (χ0n) is 9.21. The summed E-state index contributed by atoms with van der Waals surface area (Å²) in [5, 5.41) is 10.9. The SMILES string of the molecule is CN1CCCCC1c1[nH]nc2c1CCN2. The molecule has 1 saturated heterocycles. The average molecular weight is 206 g/mol. The molecular formula is C11H18N4. The molecule has 2 N–H and O–H groups in total. The molecule has 15 heavy (non-hydrogen) atoms. The molecule has 0 aromatic carbocycles. The first-order valence-corrected chi connectivity index (χ1v) is 5.87. The van der Waals surface area contributed by atoms with Gasteiger partial charge in [-0.05, 0) is 32.9 Å². The van der Waals surface area contributed by atoms with Crippen molar-refractivity contribution in [3.05, 3.63) is 11.3 Å². The number of likely N-dealkylation sites (tertiary alicyclic amines) is 1. The van der Waals surface area contributed by atoms with Gasteiger partial charge in [-0.15, -0.1) is 0 Å². The van der Waals surface area contributed by atoms with E-state index in [4.69, 9.17) is 0 Å². The number of H-pyrrole nitrogens is 1. The Bertz CT molecular complexity index is 357. The van der Waals surface area contributed by atoms with Crippen molar-refractivity contribution in [1.82, 2.24) is 15.1 Å². The summed E-state index contributed by atoms with van der Waals surface area (Å²) < 4.78 is 0. The van der Waals surface area contributed by atoms with Crippen molar-refractivity contribution in [2.45, 2.75) is 31.7 Å². The van der Waals surface area contributed by atoms with Crippen LogP contribution in [0.25, 0.3) is 0 Å². The molecule has 0 saturated carbocycles. The maximum Gasteiger partial charge on any atom is 0.151 e. The number of piperidine rings is 1. The molecule has 0 amide bonds. The van der Waals surface area contributed by atoms with E-state index in [1.165, 1.54) is 37.1 Å². The van der Waals surface area contributed by atoms with E-state index in [0.29, 0.717) is 6.04 Å². The number of hydrogen-bond donors (Lipinski definition) is 2. The molecule has 82 valence electrons. The summed E-state index contributed by atoms with van der Waals surface area (Å²) >= 11 is 0. The van der Waals surface area contributed by atoms with Gasteiger partial charge < -0.3 is 5.32 Å². The highest BCUT2D eigenvalue weighted by Crippen LogP contribution is 2.34. The fraction of sp³-hybridized carbons (Fsp3) is 0.727. The summed E-state index contributed by atoms with van der Waals surface area (Å²) in [7, 11) is 2.22. The van der Waals surface area contributed by atoms with E-state index < -0.39 is 0 Å². The minimum Gasteiger partial charge on any atom is -0.368 e. The molecule has 0 spiro atoms. The maximum atomic E-state index is 4.34. The lowest BCUT2D eigenvalue weighted by molar-refractivity contribution is 0.183. The number of anilines is 1. The Balaban J connectivity index is 1.91. The first-order valence-electron chi connectivity index (χ1n) is 5.87. The van der Waals surface area contributed by atoms with Crippen LogP contribution < -0.4 is 5.32 Å². The highest BCUT2D eigenvalue weighted by molar-refractivity contribution is 5.51. The Morgan fingerprint density at radius 2 is 2.33 bits per heavy atom. The molecule has 1 atom stereocenters. The molecule has 0 radical (unpaired) electrons. The van der Waals surface area contributed by atoms with E-state index in [-0.39, 0.29) is 0 Å². The molecule has 4 nitrogen and oxygen atoms in total. The standard InChI is InChI=1S/C11H18N4/c1-15-7-3-2-4-9(15)10-8-5-6-12-11(8)14-13-10/h9H,2-7H2,1H3,(H2,12,13,14). The van der Waals surface area contributed by atoms with Crippen molar-refractivity contribution in [3.8, 4) is 0 Å². The fourth-order valence-corrected chi connectivity index (χ4v) is 2.80. The molecule has 0 bridgehead atoms. The summed E-state index contributed by atoms with van der Waals surface area (Å²) in [6, 6.07) is 0.565. The van der Waals surface area contributed by atoms with E-state index >= 15 is 0 Å². The fourth-order valence-electron chi connectivity index (χ4n) is 2.80. The first-order chi connectivity index (χ1) is 7.36. The van der Waals surface area contributed by atoms with Crippen LogP contribution in [0.1, 0.15) is 36.6 Å². The first kappa shape index (κ1) is 9.21. The van der Waals surface area contributed by atoms with Crippen molar-refractivity contribution in [3.63, 3.8) is 0 Å². The van der Waals surface area contributed by atoms with Crippen LogP contribution in [0.5, 0.6) is 0 Å². The van der Waals surface area contributed by atoms with Gasteiger partial charge in [0.05, 0.1) is 11.7 Å². The van der Waals surface area contributed by atoms with E-state index in [2.05, 4.69) is 27.5 Å². The van der Waals surface area contributed by atoms with Crippen molar-refractivity contribution < 1.29 is 0 Å². The van der Waals surface area contributed by atoms with Gasteiger partial charge >= 0.3 is 0 Å². The average Bonchev–Trinajstić information content (AvgIpc) is 2.80. The van der Waals surface area contributed by atoms with Crippen LogP contribution >= 0.6 is 0 Å². The molecule has 4 heteroatoms. The van der Waals surface area contributed by atoms with Gasteiger partial charge in [-0.3, -0.25) is 10.00 Å². The van der Waals surface area contributed by atoms with Crippen LogP contribution in [0.4, 0.5) is 5.82 Å². The van der Waals surface area contributed by atoms with E-state index in [1.807, 2.05) is 0 Å². The number of rotatable bonds is 1. The van der Waals surface area contributed by atoms with E-state index in [9.17, 15) is 0 Å². The van der Waals surface area contributed by atoms with Crippen molar-refractivity contribution in [2.75, 3.05) is 25.5 Å². The molecule has 2 aliphatic rings. The van der Waals surface area contributed by atoms with Gasteiger partial charge in [0.25, 0.3) is 0 Å². The van der Waals surface area contributed by atoms with Crippen LogP contribution in [0.2, 0.25) is 0 Å². The normalized spacial score (nSPS) is 26.3. The van der Waals surface area contributed by atoms with Crippen molar-refractivity contribution in [2.24, 2.45) is 0 Å². The quantitative estimate of drug-likeness (QED) is 0.732. The van der Waals surface area contributed by atoms with E-state index in [0.717, 1.165) is 18.8 Å². The van der Waals surface area contributed by atoms with Crippen molar-refractivity contribution >= 4 is 5.82 Å². The van der Waals surface area contributed by atoms with Gasteiger partial charge in [-0.2, -0.15) is 5.10 Å². The highest BCUT2D eigenvalue weighted by atomic mass is 15.2. The number of nitrogens with zero attached hydrogens (tertiary/aromatic N) is 2. The summed E-state index contributed by atoms with van der Waals surface area (Å²) in [6.45, 7) is 2.27. The molecule has 1 aromatic rings. The molecular weight excluding hydrogens is 188 g/mol. The van der Waals surface area contributed by atoms with Gasteiger partial charge in [0.1, 0.15) is 0 Å². The summed E-state index contributed by atoms with van der Waals surface area (Å²) in [4.78, 5) is 2.45. The lowest BCUT2D eigenvalue weighted by Gasteiger charge is -2.32. The smallest absolute Gasteiger partial charge is 0.151 e. The molecule has 3 rings (SSSR count). The van der Waals surface area contributed by atoms with Gasteiger partial charge in [0.15, 0.2) is 5.82 Å². The Kier molecular flexibility index (Phi) is 2.16. The third-order valence-electron chi connectivity index (χ3n) is 3.67. The molecule has 3 heterocycles. The third-order valence-corrected chi connectivity index (χ3v) is 3.67. The highest BCUT2D eigenvalue weighted by Gasteiger charge is 2.28. The number of aromatic amines is 1. The third kappa shape index (κ3) is 1.44. The summed E-state index contributed by atoms with van der Waals surface area (Å²) in [5.74, 6) is 1.09. The lowest BCUT2D eigenvalue weighted by atomic mass is 9.97. The largest absolute Gasteiger partial charge is 0.368 e. The number of nitrogens with one attached hydrogen (secondary N) is 2. The van der Waals surface area contributed by atoms with Crippen LogP contribution in [0, 0.1) is 0 Å². The monoisotopic (exact) mass is 206 g/mol. The van der Waals surface area contributed by atoms with Gasteiger partial charge in [0.2, 0.25) is 0 Å². The second-order valence-electron chi connectivity index (χ2n) is 4.63. The predicted molar refractivity (Wildman–Crippen MR) is 60.0 cm³/mol. The Labute approximate surface area is 90.0 Å². The summed E-state index contributed by atoms with van der Waals surface area (Å²) in [6.07, 6.45) is 5.08. The number of hydrogen-bond acceptors (Lipinski definition) is 3. The van der Waals surface area contributed by atoms with Gasteiger partial charge in [-0.1, -0.05) is 6.42 Å². The molecule has 2 aliphatic heterocycles. The zero-order valence-corrected chi connectivity index (χ0v) is 9.21. The molecule has 1 aromatic heterocycles. The van der Waals surface area contributed by atoms with Crippen molar-refractivity contribution in [1.29, 1.82) is 0 Å². The second kappa shape index (κ2) is 3.52. The summed E-state index contributed by atoms with van der Waals surface area (Å²) in [5.41, 5.74) is 2.78. The van der Waals surface area contributed by atoms with Gasteiger partial charge in [-0.25, -0.2) is 0 Å². The zero-order chi connectivity index (χ0) is 10.3. The minimum atomic E-state index is 0.565. The van der Waals surface area contributed by atoms with E-state index in [1.54, 1.807) is 0 Å². The van der Waals surface area contributed by atoms with Crippen LogP contribution in [-0.4, -0.2) is 35.2 Å². The minimum absolute atomic E-state index is 0.565.